The van der Waals surface area contributed by atoms with Gasteiger partial charge in [-0.25, -0.2) is 0 Å². The van der Waals surface area contributed by atoms with Crippen LogP contribution in [-0.4, -0.2) is 11.7 Å². The molecule has 0 spiro atoms. The van der Waals surface area contributed by atoms with Crippen molar-refractivity contribution < 1.29 is 5.11 Å². The molecule has 3 aromatic rings. The zero-order valence-corrected chi connectivity index (χ0v) is 13.5. The standard InChI is InChI=1S/C22H21NO/c24-22(19-12-6-2-7-13-19)16-17-23(20-14-8-3-9-15-20)21(22)18-10-4-1-5-11-18/h1-15,21,24H,16-17H2/t21-,22+/m1/s1. The third kappa shape index (κ3) is 2.49. The van der Waals surface area contributed by atoms with Gasteiger partial charge < -0.3 is 10.0 Å². The van der Waals surface area contributed by atoms with Gasteiger partial charge in [0.2, 0.25) is 0 Å². The van der Waals surface area contributed by atoms with Crippen LogP contribution in [0.2, 0.25) is 0 Å². The van der Waals surface area contributed by atoms with Crippen molar-refractivity contribution >= 4 is 5.69 Å². The average molecular weight is 315 g/mol. The van der Waals surface area contributed by atoms with Gasteiger partial charge in [0.1, 0.15) is 5.60 Å². The van der Waals surface area contributed by atoms with E-state index in [1.807, 2.05) is 54.6 Å². The largest absolute Gasteiger partial charge is 0.383 e. The van der Waals surface area contributed by atoms with Gasteiger partial charge in [0.25, 0.3) is 0 Å². The van der Waals surface area contributed by atoms with E-state index in [0.29, 0.717) is 6.42 Å². The third-order valence-corrected chi connectivity index (χ3v) is 4.97. The molecule has 0 amide bonds. The highest BCUT2D eigenvalue weighted by molar-refractivity contribution is 5.53. The molecule has 2 nitrogen and oxygen atoms in total. The molecule has 0 aromatic heterocycles. The van der Waals surface area contributed by atoms with E-state index < -0.39 is 5.60 Å². The Bertz CT molecular complexity index is 788. The van der Waals surface area contributed by atoms with Crippen molar-refractivity contribution in [3.05, 3.63) is 102 Å². The Morgan fingerprint density at radius 2 is 1.29 bits per heavy atom. The first-order chi connectivity index (χ1) is 11.8. The van der Waals surface area contributed by atoms with Crippen LogP contribution in [0.4, 0.5) is 5.69 Å². The molecule has 3 aromatic carbocycles. The molecular formula is C22H21NO. The smallest absolute Gasteiger partial charge is 0.116 e. The minimum Gasteiger partial charge on any atom is -0.383 e. The fraction of sp³-hybridized carbons (Fsp3) is 0.182. The van der Waals surface area contributed by atoms with E-state index in [1.165, 1.54) is 0 Å². The monoisotopic (exact) mass is 315 g/mol. The van der Waals surface area contributed by atoms with Gasteiger partial charge in [-0.1, -0.05) is 78.9 Å². The normalized spacial score (nSPS) is 23.4. The first-order valence-corrected chi connectivity index (χ1v) is 8.43. The molecular weight excluding hydrogens is 294 g/mol. The molecule has 1 fully saturated rings. The molecule has 24 heavy (non-hydrogen) atoms. The molecule has 1 saturated heterocycles. The number of hydrogen-bond donors (Lipinski definition) is 1. The Kier molecular flexibility index (Phi) is 3.83. The number of rotatable bonds is 3. The van der Waals surface area contributed by atoms with Crippen LogP contribution in [0.15, 0.2) is 91.0 Å². The van der Waals surface area contributed by atoms with Crippen LogP contribution in [0.25, 0.3) is 0 Å². The first kappa shape index (κ1) is 15.0. The van der Waals surface area contributed by atoms with Crippen molar-refractivity contribution in [2.24, 2.45) is 0 Å². The van der Waals surface area contributed by atoms with Crippen LogP contribution in [0.3, 0.4) is 0 Å². The predicted octanol–water partition coefficient (Wildman–Crippen LogP) is 4.53. The van der Waals surface area contributed by atoms with Gasteiger partial charge in [0.15, 0.2) is 0 Å². The summed E-state index contributed by atoms with van der Waals surface area (Å²) in [5, 5.41) is 11.7. The second kappa shape index (κ2) is 6.14. The van der Waals surface area contributed by atoms with Crippen molar-refractivity contribution in [1.82, 2.24) is 0 Å². The summed E-state index contributed by atoms with van der Waals surface area (Å²) in [6.07, 6.45) is 0.714. The first-order valence-electron chi connectivity index (χ1n) is 8.43. The quantitative estimate of drug-likeness (QED) is 0.768. The lowest BCUT2D eigenvalue weighted by molar-refractivity contribution is 0.0271. The van der Waals surface area contributed by atoms with Crippen molar-refractivity contribution in [2.75, 3.05) is 11.4 Å². The fourth-order valence-electron chi connectivity index (χ4n) is 3.83. The summed E-state index contributed by atoms with van der Waals surface area (Å²) in [7, 11) is 0. The second-order valence-corrected chi connectivity index (χ2v) is 6.38. The average Bonchev–Trinajstić information content (AvgIpc) is 3.03. The molecule has 0 aliphatic carbocycles. The van der Waals surface area contributed by atoms with E-state index in [9.17, 15) is 5.11 Å². The SMILES string of the molecule is O[C@]1(c2ccccc2)CCN(c2ccccc2)[C@@H]1c1ccccc1. The van der Waals surface area contributed by atoms with Crippen LogP contribution >= 0.6 is 0 Å². The molecule has 2 heteroatoms. The number of benzene rings is 3. The van der Waals surface area contributed by atoms with Gasteiger partial charge in [0, 0.05) is 18.7 Å². The zero-order chi connectivity index (χ0) is 16.4. The maximum absolute atomic E-state index is 11.7. The lowest BCUT2D eigenvalue weighted by atomic mass is 9.83. The summed E-state index contributed by atoms with van der Waals surface area (Å²) in [5.41, 5.74) is 2.39. The summed E-state index contributed by atoms with van der Waals surface area (Å²) in [4.78, 5) is 2.32. The molecule has 120 valence electrons. The Balaban J connectivity index is 1.83. The maximum atomic E-state index is 11.7. The molecule has 1 N–H and O–H groups in total. The van der Waals surface area contributed by atoms with E-state index in [1.54, 1.807) is 0 Å². The highest BCUT2D eigenvalue weighted by atomic mass is 16.3. The van der Waals surface area contributed by atoms with E-state index in [-0.39, 0.29) is 6.04 Å². The molecule has 1 aliphatic rings. The second-order valence-electron chi connectivity index (χ2n) is 6.38. The zero-order valence-electron chi connectivity index (χ0n) is 13.5. The molecule has 2 atom stereocenters. The summed E-state index contributed by atoms with van der Waals surface area (Å²) in [5.74, 6) is 0. The highest BCUT2D eigenvalue weighted by Crippen LogP contribution is 2.48. The molecule has 1 heterocycles. The maximum Gasteiger partial charge on any atom is 0.116 e. The molecule has 0 saturated carbocycles. The summed E-state index contributed by atoms with van der Waals surface area (Å²) in [6.45, 7) is 0.828. The summed E-state index contributed by atoms with van der Waals surface area (Å²) in [6, 6.07) is 30.7. The minimum absolute atomic E-state index is 0.0940. The van der Waals surface area contributed by atoms with Gasteiger partial charge >= 0.3 is 0 Å². The van der Waals surface area contributed by atoms with Crippen LogP contribution < -0.4 is 4.90 Å². The fourth-order valence-corrected chi connectivity index (χ4v) is 3.83. The van der Waals surface area contributed by atoms with Crippen molar-refractivity contribution in [1.29, 1.82) is 0 Å². The van der Waals surface area contributed by atoms with Gasteiger partial charge in [-0.3, -0.25) is 0 Å². The predicted molar refractivity (Wildman–Crippen MR) is 97.9 cm³/mol. The molecule has 0 unspecified atom stereocenters. The Hall–Kier alpha value is -2.58. The molecule has 0 bridgehead atoms. The van der Waals surface area contributed by atoms with Gasteiger partial charge in [-0.15, -0.1) is 0 Å². The topological polar surface area (TPSA) is 23.5 Å². The molecule has 0 radical (unpaired) electrons. The Labute approximate surface area is 143 Å². The number of anilines is 1. The van der Waals surface area contributed by atoms with Gasteiger partial charge in [-0.2, -0.15) is 0 Å². The van der Waals surface area contributed by atoms with E-state index in [4.69, 9.17) is 0 Å². The van der Waals surface area contributed by atoms with Crippen LogP contribution in [0.5, 0.6) is 0 Å². The van der Waals surface area contributed by atoms with E-state index in [2.05, 4.69) is 41.3 Å². The molecule has 4 rings (SSSR count). The lowest BCUT2D eigenvalue weighted by Gasteiger charge is -2.36. The number of para-hydroxylation sites is 1. The number of hydrogen-bond acceptors (Lipinski definition) is 2. The summed E-state index contributed by atoms with van der Waals surface area (Å²) < 4.78 is 0. The van der Waals surface area contributed by atoms with Gasteiger partial charge in [-0.05, 0) is 23.3 Å². The van der Waals surface area contributed by atoms with Crippen LogP contribution in [0.1, 0.15) is 23.6 Å². The van der Waals surface area contributed by atoms with E-state index >= 15 is 0 Å². The summed E-state index contributed by atoms with van der Waals surface area (Å²) >= 11 is 0. The minimum atomic E-state index is -0.890. The van der Waals surface area contributed by atoms with Crippen molar-refractivity contribution in [2.45, 2.75) is 18.1 Å². The Morgan fingerprint density at radius 1 is 0.750 bits per heavy atom. The Morgan fingerprint density at radius 3 is 1.92 bits per heavy atom. The third-order valence-electron chi connectivity index (χ3n) is 4.97. The van der Waals surface area contributed by atoms with Crippen LogP contribution in [0, 0.1) is 0 Å². The highest BCUT2D eigenvalue weighted by Gasteiger charge is 2.48. The van der Waals surface area contributed by atoms with Gasteiger partial charge in [0.05, 0.1) is 6.04 Å². The van der Waals surface area contributed by atoms with Crippen molar-refractivity contribution in [3.8, 4) is 0 Å². The van der Waals surface area contributed by atoms with Crippen LogP contribution in [-0.2, 0) is 5.60 Å². The van der Waals surface area contributed by atoms with E-state index in [0.717, 1.165) is 23.4 Å². The number of nitrogens with zero attached hydrogens (tertiary/aromatic N) is 1. The lowest BCUT2D eigenvalue weighted by Crippen LogP contribution is -2.35. The number of aliphatic hydroxyl groups is 1. The molecule has 1 aliphatic heterocycles. The van der Waals surface area contributed by atoms with Crippen molar-refractivity contribution in [3.63, 3.8) is 0 Å².